The molecule has 4 N–H and O–H groups in total. The first kappa shape index (κ1) is 31.5. The highest BCUT2D eigenvalue weighted by Crippen LogP contribution is 2.51. The Morgan fingerprint density at radius 3 is 2.51 bits per heavy atom. The summed E-state index contributed by atoms with van der Waals surface area (Å²) < 4.78 is 28.8. The summed E-state index contributed by atoms with van der Waals surface area (Å²) in [4.78, 5) is 42.3. The lowest BCUT2D eigenvalue weighted by atomic mass is 9.73. The smallest absolute Gasteiger partial charge is 0.202 e. The van der Waals surface area contributed by atoms with Crippen molar-refractivity contribution in [3.63, 3.8) is 0 Å². The first-order valence-electron chi connectivity index (χ1n) is 15.0. The Labute approximate surface area is 259 Å². The number of morpholine rings is 1. The molecule has 13 nitrogen and oxygen atoms in total. The van der Waals surface area contributed by atoms with Gasteiger partial charge in [-0.2, -0.15) is 0 Å². The first-order chi connectivity index (χ1) is 21.6. The maximum atomic E-state index is 13.8. The van der Waals surface area contributed by atoms with Crippen molar-refractivity contribution in [1.29, 1.82) is 0 Å². The number of fused-ring (bicyclic) bond motifs is 3. The molecule has 0 bridgehead atoms. The average Bonchev–Trinajstić information content (AvgIpc) is 3.05. The molecule has 2 aromatic rings. The predicted octanol–water partition coefficient (Wildman–Crippen LogP) is 1.23. The van der Waals surface area contributed by atoms with E-state index < -0.39 is 78.3 Å². The molecule has 2 aliphatic carbocycles. The molecular weight excluding hydrogens is 590 g/mol. The maximum absolute atomic E-state index is 13.8. The molecule has 0 saturated carbocycles. The number of methoxy groups -OCH3 is 2. The Bertz CT molecular complexity index is 1520. The summed E-state index contributed by atoms with van der Waals surface area (Å²) >= 11 is 0. The van der Waals surface area contributed by atoms with E-state index in [9.17, 15) is 34.8 Å². The second-order valence-corrected chi connectivity index (χ2v) is 11.9. The Morgan fingerprint density at radius 1 is 1.04 bits per heavy atom. The zero-order chi connectivity index (χ0) is 32.2. The number of hydrogen-bond donors (Lipinski definition) is 4. The Morgan fingerprint density at radius 2 is 1.80 bits per heavy atom. The van der Waals surface area contributed by atoms with Crippen LogP contribution < -0.4 is 4.74 Å². The van der Waals surface area contributed by atoms with Crippen LogP contribution in [0.15, 0.2) is 18.2 Å². The van der Waals surface area contributed by atoms with Crippen LogP contribution in [0.25, 0.3) is 0 Å². The number of rotatable bonds is 7. The van der Waals surface area contributed by atoms with E-state index in [2.05, 4.69) is 0 Å². The van der Waals surface area contributed by atoms with Gasteiger partial charge in [0.25, 0.3) is 0 Å². The van der Waals surface area contributed by atoms with Crippen LogP contribution in [0.3, 0.4) is 0 Å². The fourth-order valence-electron chi connectivity index (χ4n) is 7.12. The van der Waals surface area contributed by atoms with Crippen molar-refractivity contribution in [3.05, 3.63) is 51.6 Å². The molecule has 6 rings (SSSR count). The number of Topliss-reactive ketones (excluding diaryl/α,β-unsaturated/α-hetero) is 1. The predicted molar refractivity (Wildman–Crippen MR) is 154 cm³/mol. The van der Waals surface area contributed by atoms with Gasteiger partial charge in [0.15, 0.2) is 24.1 Å². The minimum atomic E-state index is -1.07. The van der Waals surface area contributed by atoms with E-state index in [0.717, 1.165) is 0 Å². The third-order valence-electron chi connectivity index (χ3n) is 9.43. The summed E-state index contributed by atoms with van der Waals surface area (Å²) in [6, 6.07) is 4.12. The Hall–Kier alpha value is -3.43. The summed E-state index contributed by atoms with van der Waals surface area (Å²) in [5, 5.41) is 44.0. The molecule has 0 amide bonds. The van der Waals surface area contributed by atoms with Crippen LogP contribution in [0, 0.1) is 5.92 Å². The van der Waals surface area contributed by atoms with Crippen LogP contribution in [0.4, 0.5) is 0 Å². The molecular formula is C32H37NO12. The highest BCUT2D eigenvalue weighted by Gasteiger charge is 2.46. The van der Waals surface area contributed by atoms with Crippen LogP contribution >= 0.6 is 0 Å². The third kappa shape index (κ3) is 5.31. The minimum Gasteiger partial charge on any atom is -0.507 e. The molecule has 0 aromatic heterocycles. The molecule has 0 spiro atoms. The van der Waals surface area contributed by atoms with Gasteiger partial charge in [0.2, 0.25) is 5.78 Å². The van der Waals surface area contributed by atoms with Crippen molar-refractivity contribution in [2.24, 2.45) is 5.92 Å². The molecule has 0 unspecified atom stereocenters. The zero-order valence-electron chi connectivity index (χ0n) is 25.2. The number of aliphatic hydroxyl groups is 2. The lowest BCUT2D eigenvalue weighted by Crippen LogP contribution is -2.59. The number of phenolic OH excluding ortho intramolecular Hbond substituents is 2. The topological polar surface area (TPSA) is 182 Å². The number of hydrogen-bond acceptors (Lipinski definition) is 13. The second-order valence-electron chi connectivity index (χ2n) is 11.9. The number of carbonyl (C=O) groups is 3. The lowest BCUT2D eigenvalue weighted by molar-refractivity contribution is -0.264. The van der Waals surface area contributed by atoms with Gasteiger partial charge in [-0.25, -0.2) is 0 Å². The number of ether oxygens (including phenoxy) is 5. The number of carbonyl (C=O) groups excluding carboxylic acids is 3. The van der Waals surface area contributed by atoms with Gasteiger partial charge < -0.3 is 44.1 Å². The molecule has 45 heavy (non-hydrogen) atoms. The number of aromatic hydroxyl groups is 2. The highest BCUT2D eigenvalue weighted by molar-refractivity contribution is 6.31. The molecule has 2 saturated heterocycles. The largest absolute Gasteiger partial charge is 0.507 e. The minimum absolute atomic E-state index is 0.00495. The maximum Gasteiger partial charge on any atom is 0.202 e. The van der Waals surface area contributed by atoms with E-state index in [1.54, 1.807) is 20.1 Å². The highest BCUT2D eigenvalue weighted by atomic mass is 16.7. The number of phenols is 2. The SMILES string of the molecule is COc1cccc2c1C(=O)c1c(O)c3c(c(O)c1C2=O)C[C@@H](C(=O)CO)C[C@@H]3O[C@H]1C[C@H](N2CCO[C@H](OC)C2)[C@H](O)[C@H](C)O1. The number of benzene rings is 2. The molecule has 4 aliphatic rings. The van der Waals surface area contributed by atoms with Crippen LogP contribution in [-0.4, -0.2) is 114 Å². The number of nitrogens with zero attached hydrogens (tertiary/aromatic N) is 1. The van der Waals surface area contributed by atoms with E-state index in [0.29, 0.717) is 19.7 Å². The Kier molecular flexibility index (Phi) is 8.69. The molecule has 13 heteroatoms. The summed E-state index contributed by atoms with van der Waals surface area (Å²) in [5.41, 5.74) is -0.607. The van der Waals surface area contributed by atoms with Gasteiger partial charge in [-0.1, -0.05) is 12.1 Å². The van der Waals surface area contributed by atoms with Crippen molar-refractivity contribution in [2.45, 2.75) is 63.1 Å². The van der Waals surface area contributed by atoms with Crippen molar-refractivity contribution in [1.82, 2.24) is 4.90 Å². The van der Waals surface area contributed by atoms with Crippen molar-refractivity contribution < 1.29 is 58.5 Å². The van der Waals surface area contributed by atoms with Gasteiger partial charge in [0.1, 0.15) is 23.9 Å². The standard InChI is InChI=1S/C32H37NO12/c1-14-28(36)18(33-7-8-43-23(12-33)42-3)11-22(44-14)45-21-10-15(19(35)13-34)9-17-25(21)32(40)27-26(30(17)38)29(37)16-5-4-6-20(41-2)24(16)31(27)39/h4-6,14-15,18,21-23,28,34,36,38,40H,7-13H2,1-3H3/t14-,15+,18-,21-,22-,23-,28+/m0/s1. The monoisotopic (exact) mass is 627 g/mol. The number of aliphatic hydroxyl groups excluding tert-OH is 2. The van der Waals surface area contributed by atoms with E-state index >= 15 is 0 Å². The zero-order valence-corrected chi connectivity index (χ0v) is 25.2. The van der Waals surface area contributed by atoms with Crippen molar-refractivity contribution in [2.75, 3.05) is 40.5 Å². The van der Waals surface area contributed by atoms with Gasteiger partial charge in [0, 0.05) is 55.3 Å². The summed E-state index contributed by atoms with van der Waals surface area (Å²) in [6.45, 7) is 2.32. The molecule has 7 atom stereocenters. The second kappa shape index (κ2) is 12.4. The van der Waals surface area contributed by atoms with Crippen LogP contribution in [0.2, 0.25) is 0 Å². The molecule has 2 aliphatic heterocycles. The van der Waals surface area contributed by atoms with Crippen molar-refractivity contribution in [3.8, 4) is 17.2 Å². The van der Waals surface area contributed by atoms with Gasteiger partial charge in [-0.15, -0.1) is 0 Å². The third-order valence-corrected chi connectivity index (χ3v) is 9.43. The van der Waals surface area contributed by atoms with Gasteiger partial charge in [0.05, 0.1) is 48.7 Å². The quantitative estimate of drug-likeness (QED) is 0.275. The molecule has 2 aromatic carbocycles. The van der Waals surface area contributed by atoms with Gasteiger partial charge in [-0.05, 0) is 25.8 Å². The molecule has 0 radical (unpaired) electrons. The molecule has 2 fully saturated rings. The van der Waals surface area contributed by atoms with Crippen LogP contribution in [0.5, 0.6) is 17.2 Å². The fourth-order valence-corrected chi connectivity index (χ4v) is 7.12. The van der Waals surface area contributed by atoms with Crippen LogP contribution in [0.1, 0.15) is 68.8 Å². The fraction of sp³-hybridized carbons (Fsp3) is 0.531. The average molecular weight is 628 g/mol. The van der Waals surface area contributed by atoms with Crippen LogP contribution in [-0.2, 0) is 30.2 Å². The summed E-state index contributed by atoms with van der Waals surface area (Å²) in [6.07, 6.45) is -3.84. The summed E-state index contributed by atoms with van der Waals surface area (Å²) in [5.74, 6) is -3.63. The van der Waals surface area contributed by atoms with Crippen molar-refractivity contribution >= 4 is 17.3 Å². The van der Waals surface area contributed by atoms with Gasteiger partial charge >= 0.3 is 0 Å². The summed E-state index contributed by atoms with van der Waals surface area (Å²) in [7, 11) is 2.90. The molecule has 2 heterocycles. The van der Waals surface area contributed by atoms with E-state index in [4.69, 9.17) is 23.7 Å². The van der Waals surface area contributed by atoms with Gasteiger partial charge in [-0.3, -0.25) is 19.3 Å². The molecule has 242 valence electrons. The number of ketones is 3. The Balaban J connectivity index is 1.40. The van der Waals surface area contributed by atoms with E-state index in [1.165, 1.54) is 19.2 Å². The first-order valence-corrected chi connectivity index (χ1v) is 15.0. The lowest BCUT2D eigenvalue weighted by Gasteiger charge is -2.46. The normalized spacial score (nSPS) is 29.9. The van der Waals surface area contributed by atoms with E-state index in [1.807, 2.05) is 4.90 Å². The van der Waals surface area contributed by atoms with E-state index in [-0.39, 0.29) is 58.4 Å².